The number of halogens is 2. The summed E-state index contributed by atoms with van der Waals surface area (Å²) in [5.74, 6) is 0.919. The Hall–Kier alpha value is -3.15. The molecule has 1 aliphatic rings. The third kappa shape index (κ3) is 2.68. The average molecular weight is 362 g/mol. The van der Waals surface area contributed by atoms with E-state index in [1.54, 1.807) is 18.2 Å². The van der Waals surface area contributed by atoms with Crippen LogP contribution in [0.25, 0.3) is 22.3 Å². The molecule has 0 bridgehead atoms. The standard InChI is InChI=1S/C21H16F2N4/c1-12-16-3-2-4-18(23)20(16)26-19(24-12)8-6-15-11-27-10-13-9-14(22)5-7-17(13)21(27)25-15/h2-5,7,9,11H,6,8,10H2,1H3. The Balaban J connectivity index is 1.41. The highest BCUT2D eigenvalue weighted by Crippen LogP contribution is 2.31. The molecular weight excluding hydrogens is 346 g/mol. The fourth-order valence-corrected chi connectivity index (χ4v) is 3.70. The zero-order chi connectivity index (χ0) is 18.5. The Morgan fingerprint density at radius 2 is 1.93 bits per heavy atom. The van der Waals surface area contributed by atoms with Crippen LogP contribution in [0, 0.1) is 18.6 Å². The maximum atomic E-state index is 14.1. The molecule has 0 fully saturated rings. The van der Waals surface area contributed by atoms with Crippen molar-refractivity contribution in [3.05, 3.63) is 77.0 Å². The van der Waals surface area contributed by atoms with Crippen molar-refractivity contribution in [1.82, 2.24) is 19.5 Å². The van der Waals surface area contributed by atoms with Crippen molar-refractivity contribution in [3.63, 3.8) is 0 Å². The van der Waals surface area contributed by atoms with E-state index in [9.17, 15) is 8.78 Å². The van der Waals surface area contributed by atoms with Crippen LogP contribution in [-0.4, -0.2) is 19.5 Å². The number of para-hydroxylation sites is 1. The molecule has 4 aromatic rings. The number of benzene rings is 2. The second-order valence-electron chi connectivity index (χ2n) is 6.85. The van der Waals surface area contributed by atoms with Gasteiger partial charge in [-0.15, -0.1) is 0 Å². The molecule has 6 heteroatoms. The van der Waals surface area contributed by atoms with E-state index in [1.807, 2.05) is 23.8 Å². The first-order valence-corrected chi connectivity index (χ1v) is 8.85. The minimum atomic E-state index is -0.330. The maximum absolute atomic E-state index is 14.1. The van der Waals surface area contributed by atoms with Crippen LogP contribution in [0.4, 0.5) is 8.78 Å². The Kier molecular flexibility index (Phi) is 3.53. The number of aryl methyl sites for hydroxylation is 3. The highest BCUT2D eigenvalue weighted by molar-refractivity contribution is 5.81. The van der Waals surface area contributed by atoms with Gasteiger partial charge in [-0.25, -0.2) is 23.7 Å². The van der Waals surface area contributed by atoms with Crippen molar-refractivity contribution < 1.29 is 8.78 Å². The molecule has 27 heavy (non-hydrogen) atoms. The Morgan fingerprint density at radius 1 is 1.04 bits per heavy atom. The lowest BCUT2D eigenvalue weighted by Gasteiger charge is -2.06. The van der Waals surface area contributed by atoms with Gasteiger partial charge in [-0.3, -0.25) is 0 Å². The van der Waals surface area contributed by atoms with Crippen LogP contribution in [0.5, 0.6) is 0 Å². The van der Waals surface area contributed by atoms with E-state index in [0.717, 1.165) is 33.7 Å². The zero-order valence-electron chi connectivity index (χ0n) is 14.7. The highest BCUT2D eigenvalue weighted by atomic mass is 19.1. The second kappa shape index (κ2) is 5.94. The van der Waals surface area contributed by atoms with Crippen LogP contribution in [-0.2, 0) is 19.4 Å². The number of aromatic nitrogens is 4. The molecule has 0 atom stereocenters. The van der Waals surface area contributed by atoms with Gasteiger partial charge in [0.2, 0.25) is 0 Å². The van der Waals surface area contributed by atoms with Crippen molar-refractivity contribution in [2.24, 2.45) is 0 Å². The fraction of sp³-hybridized carbons (Fsp3) is 0.190. The molecule has 0 N–H and O–H groups in total. The lowest BCUT2D eigenvalue weighted by molar-refractivity contribution is 0.625. The summed E-state index contributed by atoms with van der Waals surface area (Å²) in [6, 6.07) is 9.71. The van der Waals surface area contributed by atoms with E-state index < -0.39 is 0 Å². The Morgan fingerprint density at radius 3 is 2.81 bits per heavy atom. The maximum Gasteiger partial charge on any atom is 0.149 e. The van der Waals surface area contributed by atoms with Gasteiger partial charge < -0.3 is 4.57 Å². The topological polar surface area (TPSA) is 43.6 Å². The van der Waals surface area contributed by atoms with E-state index in [1.165, 1.54) is 12.1 Å². The summed E-state index contributed by atoms with van der Waals surface area (Å²) < 4.78 is 29.5. The van der Waals surface area contributed by atoms with Crippen molar-refractivity contribution >= 4 is 10.9 Å². The number of nitrogens with zero attached hydrogens (tertiary/aromatic N) is 4. The number of fused-ring (bicyclic) bond motifs is 4. The average Bonchev–Trinajstić information content (AvgIpc) is 3.17. The van der Waals surface area contributed by atoms with Gasteiger partial charge in [0.05, 0.1) is 5.69 Å². The van der Waals surface area contributed by atoms with E-state index in [4.69, 9.17) is 4.98 Å². The molecule has 1 aliphatic heterocycles. The van der Waals surface area contributed by atoms with Crippen LogP contribution in [0.2, 0.25) is 0 Å². The van der Waals surface area contributed by atoms with Gasteiger partial charge >= 0.3 is 0 Å². The number of imidazole rings is 1. The fourth-order valence-electron chi connectivity index (χ4n) is 3.70. The molecule has 0 saturated heterocycles. The van der Waals surface area contributed by atoms with Gasteiger partial charge in [0.25, 0.3) is 0 Å². The van der Waals surface area contributed by atoms with Crippen LogP contribution >= 0.6 is 0 Å². The van der Waals surface area contributed by atoms with E-state index >= 15 is 0 Å². The monoisotopic (exact) mass is 362 g/mol. The SMILES string of the molecule is Cc1nc(CCc2cn3c(n2)-c2ccc(F)cc2C3)nc2c(F)cccc12. The van der Waals surface area contributed by atoms with Crippen LogP contribution in [0.1, 0.15) is 22.8 Å². The number of hydrogen-bond acceptors (Lipinski definition) is 3. The van der Waals surface area contributed by atoms with Gasteiger partial charge in [-0.1, -0.05) is 12.1 Å². The molecule has 3 heterocycles. The first-order chi connectivity index (χ1) is 13.1. The van der Waals surface area contributed by atoms with Crippen molar-refractivity contribution in [2.45, 2.75) is 26.3 Å². The van der Waals surface area contributed by atoms with E-state index in [-0.39, 0.29) is 11.6 Å². The predicted molar refractivity (Wildman–Crippen MR) is 98.4 cm³/mol. The molecule has 4 nitrogen and oxygen atoms in total. The van der Waals surface area contributed by atoms with Gasteiger partial charge in [-0.2, -0.15) is 0 Å². The lowest BCUT2D eigenvalue weighted by atomic mass is 10.1. The summed E-state index contributed by atoms with van der Waals surface area (Å²) in [5, 5.41) is 0.739. The van der Waals surface area contributed by atoms with Crippen LogP contribution < -0.4 is 0 Å². The summed E-state index contributed by atoms with van der Waals surface area (Å²) in [4.78, 5) is 13.6. The van der Waals surface area contributed by atoms with E-state index in [0.29, 0.717) is 30.7 Å². The minimum Gasteiger partial charge on any atom is -0.326 e. The minimum absolute atomic E-state index is 0.226. The smallest absolute Gasteiger partial charge is 0.149 e. The normalized spacial score (nSPS) is 12.4. The van der Waals surface area contributed by atoms with Gasteiger partial charge in [0.1, 0.15) is 28.8 Å². The van der Waals surface area contributed by atoms with Crippen LogP contribution in [0.15, 0.2) is 42.6 Å². The summed E-state index contributed by atoms with van der Waals surface area (Å²) in [5.41, 5.74) is 3.99. The molecule has 0 amide bonds. The molecule has 0 radical (unpaired) electrons. The Labute approximate surface area is 154 Å². The first-order valence-electron chi connectivity index (χ1n) is 8.85. The molecule has 5 rings (SSSR count). The zero-order valence-corrected chi connectivity index (χ0v) is 14.7. The third-order valence-electron chi connectivity index (χ3n) is 4.99. The highest BCUT2D eigenvalue weighted by Gasteiger charge is 2.21. The first kappa shape index (κ1) is 16.1. The van der Waals surface area contributed by atoms with Crippen LogP contribution in [0.3, 0.4) is 0 Å². The van der Waals surface area contributed by atoms with Crippen molar-refractivity contribution in [3.8, 4) is 11.4 Å². The number of hydrogen-bond donors (Lipinski definition) is 0. The quantitative estimate of drug-likeness (QED) is 0.482. The lowest BCUT2D eigenvalue weighted by Crippen LogP contribution is -2.02. The van der Waals surface area contributed by atoms with Gasteiger partial charge in [0, 0.05) is 35.8 Å². The third-order valence-corrected chi connectivity index (χ3v) is 4.99. The van der Waals surface area contributed by atoms with E-state index in [2.05, 4.69) is 9.97 Å². The Bertz CT molecular complexity index is 1200. The van der Waals surface area contributed by atoms with Gasteiger partial charge in [-0.05, 0) is 43.2 Å². The summed E-state index contributed by atoms with van der Waals surface area (Å²) in [7, 11) is 0. The number of rotatable bonds is 3. The van der Waals surface area contributed by atoms with Crippen molar-refractivity contribution in [1.29, 1.82) is 0 Å². The molecule has 0 unspecified atom stereocenters. The largest absolute Gasteiger partial charge is 0.326 e. The molecule has 0 spiro atoms. The van der Waals surface area contributed by atoms with Gasteiger partial charge in [0.15, 0.2) is 0 Å². The van der Waals surface area contributed by atoms with Crippen molar-refractivity contribution in [2.75, 3.05) is 0 Å². The predicted octanol–water partition coefficient (Wildman–Crippen LogP) is 4.23. The molecular formula is C21H16F2N4. The summed E-state index contributed by atoms with van der Waals surface area (Å²) in [6.45, 7) is 2.50. The summed E-state index contributed by atoms with van der Waals surface area (Å²) >= 11 is 0. The second-order valence-corrected chi connectivity index (χ2v) is 6.85. The molecule has 2 aromatic heterocycles. The molecule has 0 aliphatic carbocycles. The molecule has 2 aromatic carbocycles. The molecule has 134 valence electrons. The summed E-state index contributed by atoms with van der Waals surface area (Å²) in [6.07, 6.45) is 3.23. The molecule has 0 saturated carbocycles.